The van der Waals surface area contributed by atoms with E-state index in [9.17, 15) is 19.7 Å². The number of carbonyl (C=O) groups excluding carboxylic acids is 2. The largest absolute Gasteiger partial charge is 0.463 e. The molecule has 25 heavy (non-hydrogen) atoms. The molecule has 1 aromatic heterocycles. The molecule has 1 heterocycles. The van der Waals surface area contributed by atoms with Crippen molar-refractivity contribution in [1.29, 1.82) is 0 Å². The number of nitro benzene ring substituents is 1. The first-order chi connectivity index (χ1) is 11.8. The highest BCUT2D eigenvalue weighted by atomic mass is 35.5. The molecule has 2 aromatic rings. The Kier molecular flexibility index (Phi) is 5.90. The summed E-state index contributed by atoms with van der Waals surface area (Å²) in [6.07, 6.45) is 0. The lowest BCUT2D eigenvalue weighted by molar-refractivity contribution is -0.383. The van der Waals surface area contributed by atoms with Crippen molar-refractivity contribution >= 4 is 34.9 Å². The molecule has 0 saturated heterocycles. The molecular formula is C14H12ClN3O7. The monoisotopic (exact) mass is 369 g/mol. The van der Waals surface area contributed by atoms with Crippen molar-refractivity contribution in [3.05, 3.63) is 45.2 Å². The molecule has 0 bridgehead atoms. The molecule has 0 aliphatic rings. The number of nitrogens with zero attached hydrogens (tertiary/aromatic N) is 2. The minimum absolute atomic E-state index is 0.104. The summed E-state index contributed by atoms with van der Waals surface area (Å²) in [5.41, 5.74) is -0.443. The molecule has 10 nitrogen and oxygen atoms in total. The van der Waals surface area contributed by atoms with Crippen LogP contribution in [0.5, 0.6) is 5.88 Å². The van der Waals surface area contributed by atoms with Gasteiger partial charge in [0.2, 0.25) is 0 Å². The third-order valence-corrected chi connectivity index (χ3v) is 2.97. The van der Waals surface area contributed by atoms with Crippen LogP contribution in [0.25, 0.3) is 0 Å². The van der Waals surface area contributed by atoms with Gasteiger partial charge in [0.25, 0.3) is 17.5 Å². The molecule has 2 rings (SSSR count). The van der Waals surface area contributed by atoms with Gasteiger partial charge < -0.3 is 19.3 Å². The van der Waals surface area contributed by atoms with E-state index < -0.39 is 30.0 Å². The minimum atomic E-state index is -0.823. The maximum absolute atomic E-state index is 11.8. The fourth-order valence-electron chi connectivity index (χ4n) is 1.69. The van der Waals surface area contributed by atoms with Crippen molar-refractivity contribution in [3.8, 4) is 5.88 Å². The number of ether oxygens (including phenoxy) is 2. The number of anilines is 1. The second-order valence-corrected chi connectivity index (χ2v) is 5.13. The highest BCUT2D eigenvalue weighted by molar-refractivity contribution is 6.31. The van der Waals surface area contributed by atoms with E-state index in [1.807, 2.05) is 0 Å². The summed E-state index contributed by atoms with van der Waals surface area (Å²) in [6, 6.07) is 5.16. The van der Waals surface area contributed by atoms with E-state index in [-0.39, 0.29) is 22.3 Å². The second-order valence-electron chi connectivity index (χ2n) is 4.69. The summed E-state index contributed by atoms with van der Waals surface area (Å²) >= 11 is 5.74. The van der Waals surface area contributed by atoms with E-state index in [1.54, 1.807) is 6.92 Å². The van der Waals surface area contributed by atoms with Gasteiger partial charge in [0.15, 0.2) is 13.2 Å². The molecule has 0 unspecified atom stereocenters. The maximum Gasteiger partial charge on any atom is 0.344 e. The maximum atomic E-state index is 11.8. The van der Waals surface area contributed by atoms with Gasteiger partial charge in [-0.3, -0.25) is 14.9 Å². The lowest BCUT2D eigenvalue weighted by Crippen LogP contribution is -2.24. The van der Waals surface area contributed by atoms with Gasteiger partial charge in [-0.15, -0.1) is 0 Å². The SMILES string of the molecule is Cc1cc(OCC(=O)OCC(=O)Nc2cc(Cl)ccc2[N+](=O)[O-])no1. The fraction of sp³-hybridized carbons (Fsp3) is 0.214. The summed E-state index contributed by atoms with van der Waals surface area (Å²) < 4.78 is 14.4. The lowest BCUT2D eigenvalue weighted by Gasteiger charge is -2.07. The Balaban J connectivity index is 1.83. The highest BCUT2D eigenvalue weighted by Crippen LogP contribution is 2.27. The third-order valence-electron chi connectivity index (χ3n) is 2.74. The number of nitro groups is 1. The normalized spacial score (nSPS) is 10.2. The number of rotatable bonds is 7. The second kappa shape index (κ2) is 8.11. The van der Waals surface area contributed by atoms with Crippen LogP contribution < -0.4 is 10.1 Å². The lowest BCUT2D eigenvalue weighted by atomic mass is 10.2. The number of esters is 1. The molecular weight excluding hydrogens is 358 g/mol. The molecule has 1 aromatic carbocycles. The minimum Gasteiger partial charge on any atom is -0.463 e. The van der Waals surface area contributed by atoms with E-state index in [4.69, 9.17) is 25.6 Å². The molecule has 0 aliphatic carbocycles. The molecule has 0 atom stereocenters. The topological polar surface area (TPSA) is 134 Å². The van der Waals surface area contributed by atoms with Crippen molar-refractivity contribution < 1.29 is 28.5 Å². The Morgan fingerprint density at radius 3 is 2.76 bits per heavy atom. The van der Waals surface area contributed by atoms with Crippen molar-refractivity contribution in [1.82, 2.24) is 5.16 Å². The molecule has 132 valence electrons. The Hall–Kier alpha value is -3.14. The van der Waals surface area contributed by atoms with Crippen LogP contribution in [-0.2, 0) is 14.3 Å². The summed E-state index contributed by atoms with van der Waals surface area (Å²) in [5, 5.41) is 16.9. The van der Waals surface area contributed by atoms with E-state index in [0.717, 1.165) is 6.07 Å². The van der Waals surface area contributed by atoms with Crippen molar-refractivity contribution in [2.45, 2.75) is 6.92 Å². The number of aromatic nitrogens is 1. The Bertz CT molecular complexity index is 805. The number of benzene rings is 1. The zero-order chi connectivity index (χ0) is 18.4. The van der Waals surface area contributed by atoms with Crippen LogP contribution in [0.15, 0.2) is 28.8 Å². The first-order valence-corrected chi connectivity index (χ1v) is 7.18. The average molecular weight is 370 g/mol. The zero-order valence-corrected chi connectivity index (χ0v) is 13.6. The van der Waals surface area contributed by atoms with Crippen molar-refractivity contribution in [2.75, 3.05) is 18.5 Å². The molecule has 0 aliphatic heterocycles. The van der Waals surface area contributed by atoms with Crippen LogP contribution in [0.2, 0.25) is 5.02 Å². The van der Waals surface area contributed by atoms with Crippen LogP contribution in [0, 0.1) is 17.0 Å². The summed E-state index contributed by atoms with van der Waals surface area (Å²) in [5.74, 6) is -0.980. The number of aryl methyl sites for hydroxylation is 1. The van der Waals surface area contributed by atoms with Gasteiger partial charge in [0.05, 0.1) is 4.92 Å². The van der Waals surface area contributed by atoms with E-state index >= 15 is 0 Å². The number of nitrogens with one attached hydrogen (secondary N) is 1. The Labute approximate surface area is 145 Å². The predicted octanol–water partition coefficient (Wildman–Crippen LogP) is 2.11. The molecule has 1 amide bonds. The van der Waals surface area contributed by atoms with Crippen LogP contribution in [0.3, 0.4) is 0 Å². The number of hydrogen-bond acceptors (Lipinski definition) is 8. The van der Waals surface area contributed by atoms with Gasteiger partial charge in [0.1, 0.15) is 11.4 Å². The zero-order valence-electron chi connectivity index (χ0n) is 12.9. The fourth-order valence-corrected chi connectivity index (χ4v) is 1.86. The van der Waals surface area contributed by atoms with E-state index in [1.165, 1.54) is 18.2 Å². The smallest absolute Gasteiger partial charge is 0.344 e. The first-order valence-electron chi connectivity index (χ1n) is 6.80. The van der Waals surface area contributed by atoms with Gasteiger partial charge in [-0.1, -0.05) is 11.6 Å². The van der Waals surface area contributed by atoms with Crippen LogP contribution in [-0.4, -0.2) is 35.2 Å². The predicted molar refractivity (Wildman–Crippen MR) is 84.4 cm³/mol. The molecule has 0 saturated carbocycles. The molecule has 0 radical (unpaired) electrons. The average Bonchev–Trinajstić information content (AvgIpc) is 2.96. The third kappa shape index (κ3) is 5.46. The van der Waals surface area contributed by atoms with Crippen molar-refractivity contribution in [3.63, 3.8) is 0 Å². The Morgan fingerprint density at radius 1 is 1.36 bits per heavy atom. The van der Waals surface area contributed by atoms with Crippen LogP contribution >= 0.6 is 11.6 Å². The number of hydrogen-bond donors (Lipinski definition) is 1. The molecule has 0 spiro atoms. The number of carbonyl (C=O) groups is 2. The van der Waals surface area contributed by atoms with Crippen LogP contribution in [0.4, 0.5) is 11.4 Å². The van der Waals surface area contributed by atoms with Crippen molar-refractivity contribution in [2.24, 2.45) is 0 Å². The van der Waals surface area contributed by atoms with Gasteiger partial charge in [-0.2, -0.15) is 0 Å². The molecule has 0 fully saturated rings. The Morgan fingerprint density at radius 2 is 2.12 bits per heavy atom. The standard InChI is InChI=1S/C14H12ClN3O7/c1-8-4-13(17-25-8)23-7-14(20)24-6-12(19)16-10-5-9(15)2-3-11(10)18(21)22/h2-5H,6-7H2,1H3,(H,16,19). The van der Waals surface area contributed by atoms with E-state index in [2.05, 4.69) is 10.5 Å². The number of amides is 1. The van der Waals surface area contributed by atoms with Gasteiger partial charge in [-0.25, -0.2) is 4.79 Å². The molecule has 1 N–H and O–H groups in total. The number of halogens is 1. The highest BCUT2D eigenvalue weighted by Gasteiger charge is 2.17. The van der Waals surface area contributed by atoms with Crippen LogP contribution in [0.1, 0.15) is 5.76 Å². The summed E-state index contributed by atoms with van der Waals surface area (Å²) in [6.45, 7) is 0.526. The van der Waals surface area contributed by atoms with Gasteiger partial charge in [-0.05, 0) is 24.2 Å². The summed E-state index contributed by atoms with van der Waals surface area (Å²) in [4.78, 5) is 33.5. The van der Waals surface area contributed by atoms with Gasteiger partial charge >= 0.3 is 5.97 Å². The first kappa shape index (κ1) is 18.2. The van der Waals surface area contributed by atoms with Gasteiger partial charge in [0, 0.05) is 17.2 Å². The quantitative estimate of drug-likeness (QED) is 0.445. The molecule has 11 heteroatoms. The summed E-state index contributed by atoms with van der Waals surface area (Å²) in [7, 11) is 0. The van der Waals surface area contributed by atoms with E-state index in [0.29, 0.717) is 5.76 Å².